The third-order valence-corrected chi connectivity index (χ3v) is 4.90. The largest absolute Gasteiger partial charge is 0.361 e. The van der Waals surface area contributed by atoms with Gasteiger partial charge >= 0.3 is 0 Å². The van der Waals surface area contributed by atoms with Gasteiger partial charge in [-0.3, -0.25) is 14.3 Å². The summed E-state index contributed by atoms with van der Waals surface area (Å²) in [6.45, 7) is 2.52. The second kappa shape index (κ2) is 8.65. The fraction of sp³-hybridized carbons (Fsp3) is 0.174. The van der Waals surface area contributed by atoms with Crippen LogP contribution in [-0.4, -0.2) is 26.6 Å². The maximum atomic E-state index is 12.7. The molecule has 0 atom stereocenters. The summed E-state index contributed by atoms with van der Waals surface area (Å²) in [4.78, 5) is 28.5. The highest BCUT2D eigenvalue weighted by Gasteiger charge is 2.19. The Hall–Kier alpha value is -3.87. The van der Waals surface area contributed by atoms with Crippen molar-refractivity contribution in [2.45, 2.75) is 26.3 Å². The molecule has 0 saturated carbocycles. The van der Waals surface area contributed by atoms with Gasteiger partial charge in [0.25, 0.3) is 5.91 Å². The van der Waals surface area contributed by atoms with Crippen LogP contribution in [-0.2, 0) is 17.8 Å². The Bertz CT molecular complexity index is 1180. The lowest BCUT2D eigenvalue weighted by Crippen LogP contribution is -2.18. The van der Waals surface area contributed by atoms with Gasteiger partial charge in [-0.2, -0.15) is 5.10 Å². The van der Waals surface area contributed by atoms with Gasteiger partial charge in [0, 0.05) is 41.9 Å². The first-order chi connectivity index (χ1) is 14.6. The summed E-state index contributed by atoms with van der Waals surface area (Å²) < 4.78 is 1.63. The molecule has 0 bridgehead atoms. The maximum Gasteiger partial charge on any atom is 0.278 e. The molecule has 2 aromatic heterocycles. The zero-order chi connectivity index (χ0) is 20.9. The number of amides is 2. The quantitative estimate of drug-likeness (QED) is 0.433. The normalized spacial score (nSPS) is 10.8. The van der Waals surface area contributed by atoms with E-state index in [4.69, 9.17) is 0 Å². The van der Waals surface area contributed by atoms with E-state index < -0.39 is 0 Å². The van der Waals surface area contributed by atoms with Gasteiger partial charge in [-0.1, -0.05) is 36.4 Å². The van der Waals surface area contributed by atoms with E-state index in [1.54, 1.807) is 23.0 Å². The molecule has 30 heavy (non-hydrogen) atoms. The highest BCUT2D eigenvalue weighted by atomic mass is 16.2. The molecule has 0 fully saturated rings. The van der Waals surface area contributed by atoms with Crippen LogP contribution < -0.4 is 10.6 Å². The van der Waals surface area contributed by atoms with Crippen LogP contribution in [0.15, 0.2) is 67.0 Å². The first-order valence-electron chi connectivity index (χ1n) is 9.92. The van der Waals surface area contributed by atoms with Gasteiger partial charge < -0.3 is 15.6 Å². The van der Waals surface area contributed by atoms with E-state index in [1.807, 2.05) is 55.6 Å². The van der Waals surface area contributed by atoms with Crippen molar-refractivity contribution >= 4 is 34.1 Å². The maximum absolute atomic E-state index is 12.7. The van der Waals surface area contributed by atoms with E-state index in [0.717, 1.165) is 16.5 Å². The van der Waals surface area contributed by atoms with Crippen molar-refractivity contribution in [1.82, 2.24) is 14.8 Å². The highest BCUT2D eigenvalue weighted by Crippen LogP contribution is 2.20. The predicted molar refractivity (Wildman–Crippen MR) is 118 cm³/mol. The molecule has 152 valence electrons. The Morgan fingerprint density at radius 3 is 2.60 bits per heavy atom. The first-order valence-corrected chi connectivity index (χ1v) is 9.92. The third-order valence-electron chi connectivity index (χ3n) is 4.90. The number of hydrogen-bond acceptors (Lipinski definition) is 3. The number of fused-ring (bicyclic) bond motifs is 1. The molecule has 0 aliphatic carbocycles. The Morgan fingerprint density at radius 2 is 1.80 bits per heavy atom. The van der Waals surface area contributed by atoms with Gasteiger partial charge in [-0.05, 0) is 37.1 Å². The summed E-state index contributed by atoms with van der Waals surface area (Å²) in [7, 11) is 0. The summed E-state index contributed by atoms with van der Waals surface area (Å²) in [6.07, 6.45) is 4.53. The molecule has 2 aromatic carbocycles. The van der Waals surface area contributed by atoms with Gasteiger partial charge in [0.05, 0.1) is 5.69 Å². The number of benzene rings is 2. The number of rotatable bonds is 7. The minimum absolute atomic E-state index is 0.162. The molecule has 0 aliphatic heterocycles. The number of anilines is 2. The Morgan fingerprint density at radius 1 is 1.03 bits per heavy atom. The van der Waals surface area contributed by atoms with Crippen molar-refractivity contribution in [3.63, 3.8) is 0 Å². The molecule has 0 unspecified atom stereocenters. The van der Waals surface area contributed by atoms with Crippen LogP contribution in [0.25, 0.3) is 10.9 Å². The first kappa shape index (κ1) is 19.4. The van der Waals surface area contributed by atoms with E-state index in [1.165, 1.54) is 0 Å². The van der Waals surface area contributed by atoms with Gasteiger partial charge in [0.2, 0.25) is 5.91 Å². The Balaban J connectivity index is 1.45. The van der Waals surface area contributed by atoms with E-state index in [0.29, 0.717) is 30.8 Å². The Labute approximate surface area is 174 Å². The summed E-state index contributed by atoms with van der Waals surface area (Å²) in [5.41, 5.74) is 3.42. The van der Waals surface area contributed by atoms with Crippen molar-refractivity contribution in [2.75, 3.05) is 10.6 Å². The minimum Gasteiger partial charge on any atom is -0.361 e. The molecule has 0 radical (unpaired) electrons. The summed E-state index contributed by atoms with van der Waals surface area (Å²) in [5, 5.41) is 11.1. The van der Waals surface area contributed by atoms with Crippen molar-refractivity contribution in [3.05, 3.63) is 78.2 Å². The van der Waals surface area contributed by atoms with Gasteiger partial charge in [-0.25, -0.2) is 0 Å². The standard InChI is InChI=1S/C23H23N5O2/c1-2-28-15-20(22(27-28)23(30)25-17-8-4-3-5-9-17)26-21(29)13-12-16-14-24-19-11-7-6-10-18(16)19/h3-11,14-15,24H,2,12-13H2,1H3,(H,25,30)(H,26,29). The zero-order valence-electron chi connectivity index (χ0n) is 16.7. The zero-order valence-corrected chi connectivity index (χ0v) is 16.7. The molecule has 2 heterocycles. The van der Waals surface area contributed by atoms with Crippen LogP contribution >= 0.6 is 0 Å². The molecule has 0 spiro atoms. The number of carbonyl (C=O) groups is 2. The summed E-state index contributed by atoms with van der Waals surface area (Å²) >= 11 is 0. The lowest BCUT2D eigenvalue weighted by molar-refractivity contribution is -0.116. The summed E-state index contributed by atoms with van der Waals surface area (Å²) in [6, 6.07) is 17.2. The molecular weight excluding hydrogens is 378 g/mol. The predicted octanol–water partition coefficient (Wildman–Crippen LogP) is 4.21. The van der Waals surface area contributed by atoms with Gasteiger partial charge in [0.15, 0.2) is 5.69 Å². The molecule has 3 N–H and O–H groups in total. The SMILES string of the molecule is CCn1cc(NC(=O)CCc2c[nH]c3ccccc23)c(C(=O)Nc2ccccc2)n1. The van der Waals surface area contributed by atoms with Crippen molar-refractivity contribution in [3.8, 4) is 0 Å². The molecule has 7 heteroatoms. The average Bonchev–Trinajstić information content (AvgIpc) is 3.37. The van der Waals surface area contributed by atoms with Crippen LogP contribution in [0, 0.1) is 0 Å². The van der Waals surface area contributed by atoms with Gasteiger partial charge in [-0.15, -0.1) is 0 Å². The van der Waals surface area contributed by atoms with Crippen molar-refractivity contribution < 1.29 is 9.59 Å². The smallest absolute Gasteiger partial charge is 0.278 e. The fourth-order valence-corrected chi connectivity index (χ4v) is 3.35. The average molecular weight is 401 g/mol. The molecule has 7 nitrogen and oxygen atoms in total. The van der Waals surface area contributed by atoms with E-state index in [9.17, 15) is 9.59 Å². The second-order valence-electron chi connectivity index (χ2n) is 6.97. The fourth-order valence-electron chi connectivity index (χ4n) is 3.35. The van der Waals surface area contributed by atoms with E-state index in [2.05, 4.69) is 20.7 Å². The third kappa shape index (κ3) is 4.25. The van der Waals surface area contributed by atoms with E-state index in [-0.39, 0.29) is 17.5 Å². The minimum atomic E-state index is -0.361. The Kier molecular flexibility index (Phi) is 5.61. The highest BCUT2D eigenvalue weighted by molar-refractivity contribution is 6.08. The van der Waals surface area contributed by atoms with Crippen molar-refractivity contribution in [2.24, 2.45) is 0 Å². The second-order valence-corrected chi connectivity index (χ2v) is 6.97. The molecule has 4 aromatic rings. The van der Waals surface area contributed by atoms with Crippen LogP contribution in [0.5, 0.6) is 0 Å². The number of nitrogens with one attached hydrogen (secondary N) is 3. The molecule has 0 aliphatic rings. The number of aromatic amines is 1. The number of H-pyrrole nitrogens is 1. The number of aryl methyl sites for hydroxylation is 2. The molecular formula is C23H23N5O2. The lowest BCUT2D eigenvalue weighted by Gasteiger charge is -2.06. The topological polar surface area (TPSA) is 91.8 Å². The number of nitrogens with zero attached hydrogens (tertiary/aromatic N) is 2. The van der Waals surface area contributed by atoms with E-state index >= 15 is 0 Å². The number of hydrogen-bond donors (Lipinski definition) is 3. The molecule has 0 saturated heterocycles. The molecule has 2 amide bonds. The number of para-hydroxylation sites is 2. The van der Waals surface area contributed by atoms with Gasteiger partial charge in [0.1, 0.15) is 0 Å². The van der Waals surface area contributed by atoms with Crippen LogP contribution in [0.1, 0.15) is 29.4 Å². The van der Waals surface area contributed by atoms with Crippen LogP contribution in [0.2, 0.25) is 0 Å². The number of aromatic nitrogens is 3. The number of carbonyl (C=O) groups excluding carboxylic acids is 2. The van der Waals surface area contributed by atoms with Crippen molar-refractivity contribution in [1.29, 1.82) is 0 Å². The molecule has 4 rings (SSSR count). The van der Waals surface area contributed by atoms with Crippen LogP contribution in [0.4, 0.5) is 11.4 Å². The monoisotopic (exact) mass is 401 g/mol. The summed E-state index contributed by atoms with van der Waals surface area (Å²) in [5.74, 6) is -0.523. The van der Waals surface area contributed by atoms with Crippen LogP contribution in [0.3, 0.4) is 0 Å². The lowest BCUT2D eigenvalue weighted by atomic mass is 10.1.